The van der Waals surface area contributed by atoms with Crippen LogP contribution in [0, 0.1) is 11.7 Å². The van der Waals surface area contributed by atoms with Crippen molar-refractivity contribution in [2.75, 3.05) is 33.7 Å². The predicted molar refractivity (Wildman–Crippen MR) is 104 cm³/mol. The maximum atomic E-state index is 13.3. The number of rotatable bonds is 7. The number of amides is 1. The Bertz CT molecular complexity index is 672. The summed E-state index contributed by atoms with van der Waals surface area (Å²) in [6.45, 7) is 5.70. The number of hydrogen-bond acceptors (Lipinski definition) is 2. The number of aliphatic imine (C=N–C) groups is 1. The third kappa shape index (κ3) is 5.59. The second-order valence-corrected chi connectivity index (χ2v) is 7.89. The van der Waals surface area contributed by atoms with Gasteiger partial charge in [0.1, 0.15) is 12.4 Å². The number of benzene rings is 1. The van der Waals surface area contributed by atoms with E-state index in [9.17, 15) is 9.18 Å². The van der Waals surface area contributed by atoms with Crippen LogP contribution in [0.3, 0.4) is 0 Å². The van der Waals surface area contributed by atoms with Crippen molar-refractivity contribution >= 4 is 23.5 Å². The molecule has 0 atom stereocenters. The quantitative estimate of drug-likeness (QED) is 0.563. The molecule has 1 fully saturated rings. The fourth-order valence-electron chi connectivity index (χ4n) is 2.63. The van der Waals surface area contributed by atoms with Gasteiger partial charge >= 0.3 is 0 Å². The van der Waals surface area contributed by atoms with Gasteiger partial charge in [-0.2, -0.15) is 0 Å². The van der Waals surface area contributed by atoms with Crippen molar-refractivity contribution in [1.29, 1.82) is 0 Å². The Hall–Kier alpha value is -1.82. The number of nitrogens with zero attached hydrogens (tertiary/aromatic N) is 2. The van der Waals surface area contributed by atoms with Crippen molar-refractivity contribution in [1.82, 2.24) is 15.5 Å². The first kappa shape index (κ1) is 20.5. The maximum Gasteiger partial charge on any atom is 0.243 e. The summed E-state index contributed by atoms with van der Waals surface area (Å²) in [6, 6.07) is 4.57. The average Bonchev–Trinajstić information content (AvgIpc) is 3.34. The van der Waals surface area contributed by atoms with Crippen LogP contribution in [0.1, 0.15) is 32.3 Å². The summed E-state index contributed by atoms with van der Waals surface area (Å²) >= 11 is 6.25. The highest BCUT2D eigenvalue weighted by Crippen LogP contribution is 2.50. The molecule has 26 heavy (non-hydrogen) atoms. The van der Waals surface area contributed by atoms with Crippen LogP contribution in [0.4, 0.5) is 4.39 Å². The Morgan fingerprint density at radius 1 is 1.35 bits per heavy atom. The van der Waals surface area contributed by atoms with Gasteiger partial charge in [-0.1, -0.05) is 31.5 Å². The molecule has 0 aliphatic heterocycles. The molecule has 0 bridgehead atoms. The number of carbonyl (C=O) groups excluding carboxylic acids is 1. The zero-order valence-electron chi connectivity index (χ0n) is 15.9. The van der Waals surface area contributed by atoms with Gasteiger partial charge in [0, 0.05) is 37.6 Å². The minimum absolute atomic E-state index is 0.0571. The van der Waals surface area contributed by atoms with Crippen molar-refractivity contribution in [2.24, 2.45) is 10.9 Å². The molecule has 0 aromatic heterocycles. The number of hydrogen-bond donors (Lipinski definition) is 2. The van der Waals surface area contributed by atoms with Gasteiger partial charge in [-0.15, -0.1) is 0 Å². The molecular formula is C19H28ClFN4O. The first-order valence-electron chi connectivity index (χ1n) is 8.91. The lowest BCUT2D eigenvalue weighted by Crippen LogP contribution is -2.43. The number of carbonyl (C=O) groups is 1. The van der Waals surface area contributed by atoms with Crippen molar-refractivity contribution in [3.8, 4) is 0 Å². The number of guanidine groups is 1. The molecule has 2 rings (SSSR count). The molecular weight excluding hydrogens is 355 g/mol. The van der Waals surface area contributed by atoms with E-state index in [-0.39, 0.29) is 23.7 Å². The second kappa shape index (κ2) is 8.71. The first-order chi connectivity index (χ1) is 12.2. The highest BCUT2D eigenvalue weighted by Gasteiger charge is 2.45. The molecule has 144 valence electrons. The van der Waals surface area contributed by atoms with Gasteiger partial charge in [0.25, 0.3) is 0 Å². The van der Waals surface area contributed by atoms with E-state index in [1.807, 2.05) is 0 Å². The largest absolute Gasteiger partial charge is 0.356 e. The molecule has 2 N–H and O–H groups in total. The predicted octanol–water partition coefficient (Wildman–Crippen LogP) is 2.79. The SMILES string of the molecule is CC(C)CNC(=NCC(=O)N(C)C)NCC1(c2ccc(F)cc2Cl)CC1. The van der Waals surface area contributed by atoms with Crippen LogP contribution in [0.15, 0.2) is 23.2 Å². The Morgan fingerprint density at radius 3 is 2.58 bits per heavy atom. The Morgan fingerprint density at radius 2 is 2.04 bits per heavy atom. The van der Waals surface area contributed by atoms with Crippen LogP contribution in [0.25, 0.3) is 0 Å². The highest BCUT2D eigenvalue weighted by atomic mass is 35.5. The molecule has 5 nitrogen and oxygen atoms in total. The van der Waals surface area contributed by atoms with E-state index in [2.05, 4.69) is 29.5 Å². The van der Waals surface area contributed by atoms with E-state index in [4.69, 9.17) is 11.6 Å². The molecule has 1 aliphatic rings. The highest BCUT2D eigenvalue weighted by molar-refractivity contribution is 6.31. The normalized spacial score (nSPS) is 15.7. The summed E-state index contributed by atoms with van der Waals surface area (Å²) in [5.74, 6) is 0.676. The van der Waals surface area contributed by atoms with Gasteiger partial charge in [0.15, 0.2) is 5.96 Å². The molecule has 0 spiro atoms. The smallest absolute Gasteiger partial charge is 0.243 e. The molecule has 0 saturated heterocycles. The lowest BCUT2D eigenvalue weighted by Gasteiger charge is -2.21. The third-order valence-electron chi connectivity index (χ3n) is 4.50. The number of halogens is 2. The van der Waals surface area contributed by atoms with Crippen molar-refractivity contribution in [2.45, 2.75) is 32.1 Å². The molecule has 1 aliphatic carbocycles. The summed E-state index contributed by atoms with van der Waals surface area (Å²) in [6.07, 6.45) is 1.97. The third-order valence-corrected chi connectivity index (χ3v) is 4.81. The molecule has 1 amide bonds. The van der Waals surface area contributed by atoms with Crippen LogP contribution in [-0.4, -0.2) is 50.5 Å². The Balaban J connectivity index is 2.05. The summed E-state index contributed by atoms with van der Waals surface area (Å²) in [5.41, 5.74) is 0.858. The van der Waals surface area contributed by atoms with Crippen LogP contribution >= 0.6 is 11.6 Å². The molecule has 1 aromatic carbocycles. The van der Waals surface area contributed by atoms with E-state index < -0.39 is 0 Å². The fraction of sp³-hybridized carbons (Fsp3) is 0.579. The van der Waals surface area contributed by atoms with Gasteiger partial charge in [-0.25, -0.2) is 9.38 Å². The molecule has 7 heteroatoms. The second-order valence-electron chi connectivity index (χ2n) is 7.49. The summed E-state index contributed by atoms with van der Waals surface area (Å²) in [4.78, 5) is 17.7. The zero-order chi connectivity index (χ0) is 19.3. The molecule has 1 aromatic rings. The van der Waals surface area contributed by atoms with Crippen molar-refractivity contribution in [3.05, 3.63) is 34.6 Å². The minimum Gasteiger partial charge on any atom is -0.356 e. The first-order valence-corrected chi connectivity index (χ1v) is 9.29. The van der Waals surface area contributed by atoms with Crippen LogP contribution in [0.2, 0.25) is 5.02 Å². The lowest BCUT2D eigenvalue weighted by molar-refractivity contribution is -0.127. The van der Waals surface area contributed by atoms with Gasteiger partial charge < -0.3 is 15.5 Å². The molecule has 0 unspecified atom stereocenters. The Kier molecular flexibility index (Phi) is 6.87. The van der Waals surface area contributed by atoms with Crippen LogP contribution in [0.5, 0.6) is 0 Å². The molecule has 0 radical (unpaired) electrons. The van der Waals surface area contributed by atoms with Gasteiger partial charge in [0.2, 0.25) is 5.91 Å². The van der Waals surface area contributed by atoms with E-state index in [1.165, 1.54) is 17.0 Å². The monoisotopic (exact) mass is 382 g/mol. The standard InChI is InChI=1S/C19H28ClFN4O/c1-13(2)10-22-18(23-11-17(26)25(3)4)24-12-19(7-8-19)15-6-5-14(21)9-16(15)20/h5-6,9,13H,7-8,10-12H2,1-4H3,(H2,22,23,24). The van der Waals surface area contributed by atoms with Crippen molar-refractivity contribution in [3.63, 3.8) is 0 Å². The topological polar surface area (TPSA) is 56.7 Å². The van der Waals surface area contributed by atoms with E-state index >= 15 is 0 Å². The maximum absolute atomic E-state index is 13.3. The number of nitrogens with one attached hydrogen (secondary N) is 2. The van der Waals surface area contributed by atoms with Gasteiger partial charge in [-0.3, -0.25) is 4.79 Å². The van der Waals surface area contributed by atoms with Crippen molar-refractivity contribution < 1.29 is 9.18 Å². The minimum atomic E-state index is -0.328. The van der Waals surface area contributed by atoms with E-state index in [0.29, 0.717) is 23.4 Å². The van der Waals surface area contributed by atoms with E-state index in [1.54, 1.807) is 20.2 Å². The number of likely N-dealkylation sites (N-methyl/N-ethyl adjacent to an activating group) is 1. The summed E-state index contributed by atoms with van der Waals surface area (Å²) in [7, 11) is 3.42. The zero-order valence-corrected chi connectivity index (χ0v) is 16.7. The average molecular weight is 383 g/mol. The lowest BCUT2D eigenvalue weighted by atomic mass is 9.96. The van der Waals surface area contributed by atoms with Crippen LogP contribution < -0.4 is 10.6 Å². The van der Waals surface area contributed by atoms with Gasteiger partial charge in [-0.05, 0) is 36.5 Å². The Labute approximate surface area is 160 Å². The van der Waals surface area contributed by atoms with E-state index in [0.717, 1.165) is 24.9 Å². The molecule has 0 heterocycles. The molecule has 1 saturated carbocycles. The summed E-state index contributed by atoms with van der Waals surface area (Å²) < 4.78 is 13.3. The fourth-order valence-corrected chi connectivity index (χ4v) is 3.00. The van der Waals surface area contributed by atoms with Crippen LogP contribution in [-0.2, 0) is 10.2 Å². The van der Waals surface area contributed by atoms with Gasteiger partial charge in [0.05, 0.1) is 0 Å². The summed E-state index contributed by atoms with van der Waals surface area (Å²) in [5, 5.41) is 7.05.